The highest BCUT2D eigenvalue weighted by Crippen LogP contribution is 2.32. The van der Waals surface area contributed by atoms with Crippen LogP contribution in [-0.2, 0) is 10.0 Å². The number of benzene rings is 1. The van der Waals surface area contributed by atoms with Crippen LogP contribution in [-0.4, -0.2) is 32.4 Å². The Morgan fingerprint density at radius 1 is 1.25 bits per heavy atom. The van der Waals surface area contributed by atoms with E-state index >= 15 is 0 Å². The largest absolute Gasteiger partial charge is 0.384 e. The number of para-hydroxylation sites is 1. The summed E-state index contributed by atoms with van der Waals surface area (Å²) in [5.41, 5.74) is 0.712. The Balaban J connectivity index is 2.26. The van der Waals surface area contributed by atoms with Crippen molar-refractivity contribution >= 4 is 15.7 Å². The van der Waals surface area contributed by atoms with Gasteiger partial charge in [-0.1, -0.05) is 26.0 Å². The smallest absolute Gasteiger partial charge is 0.245 e. The Kier molecular flexibility index (Phi) is 5.05. The van der Waals surface area contributed by atoms with Gasteiger partial charge in [-0.15, -0.1) is 0 Å². The van der Waals surface area contributed by atoms with Gasteiger partial charge >= 0.3 is 0 Å². The molecule has 112 valence electrons. The highest BCUT2D eigenvalue weighted by molar-refractivity contribution is 7.89. The summed E-state index contributed by atoms with van der Waals surface area (Å²) in [7, 11) is -3.40. The molecule has 1 aromatic carbocycles. The van der Waals surface area contributed by atoms with Crippen LogP contribution in [0.4, 0.5) is 5.69 Å². The van der Waals surface area contributed by atoms with E-state index in [4.69, 9.17) is 0 Å². The monoisotopic (exact) mass is 296 g/mol. The van der Waals surface area contributed by atoms with Gasteiger partial charge in [0, 0.05) is 19.6 Å². The number of hydrogen-bond acceptors (Lipinski definition) is 3. The molecule has 0 heterocycles. The average molecular weight is 296 g/mol. The van der Waals surface area contributed by atoms with Crippen molar-refractivity contribution in [2.75, 3.05) is 25.0 Å². The molecule has 0 atom stereocenters. The molecular formula is C15H24N2O2S. The van der Waals surface area contributed by atoms with Crippen molar-refractivity contribution in [2.24, 2.45) is 5.92 Å². The molecule has 0 saturated heterocycles. The van der Waals surface area contributed by atoms with Crippen LogP contribution in [0.2, 0.25) is 0 Å². The maximum atomic E-state index is 12.8. The molecule has 2 rings (SSSR count). The summed E-state index contributed by atoms with van der Waals surface area (Å²) in [6.45, 7) is 5.93. The number of nitrogens with zero attached hydrogens (tertiary/aromatic N) is 1. The third-order valence-electron chi connectivity index (χ3n) is 3.58. The predicted molar refractivity (Wildman–Crippen MR) is 82.4 cm³/mol. The molecule has 1 aliphatic carbocycles. The summed E-state index contributed by atoms with van der Waals surface area (Å²) in [6.07, 6.45) is 3.28. The average Bonchev–Trinajstić information content (AvgIpc) is 3.26. The fraction of sp³-hybridized carbons (Fsp3) is 0.600. The lowest BCUT2D eigenvalue weighted by Gasteiger charge is -2.22. The summed E-state index contributed by atoms with van der Waals surface area (Å²) in [5, 5.41) is 3.21. The summed E-state index contributed by atoms with van der Waals surface area (Å²) >= 11 is 0. The van der Waals surface area contributed by atoms with Crippen molar-refractivity contribution in [3.8, 4) is 0 Å². The van der Waals surface area contributed by atoms with Crippen LogP contribution < -0.4 is 5.32 Å². The van der Waals surface area contributed by atoms with E-state index in [9.17, 15) is 8.42 Å². The van der Waals surface area contributed by atoms with Gasteiger partial charge in [0.1, 0.15) is 4.90 Å². The molecular weight excluding hydrogens is 272 g/mol. The summed E-state index contributed by atoms with van der Waals surface area (Å²) < 4.78 is 27.2. The minimum Gasteiger partial charge on any atom is -0.384 e. The molecule has 1 aromatic rings. The standard InChI is InChI=1S/C15H24N2O2S/c1-3-11-16-14-7-5-6-8-15(14)20(18,19)17(4-2)12-13-9-10-13/h5-8,13,16H,3-4,9-12H2,1-2H3. The highest BCUT2D eigenvalue weighted by Gasteiger charge is 2.31. The van der Waals surface area contributed by atoms with Gasteiger partial charge in [-0.3, -0.25) is 0 Å². The van der Waals surface area contributed by atoms with Gasteiger partial charge in [-0.25, -0.2) is 8.42 Å². The Bertz CT molecular complexity index is 539. The molecule has 1 aliphatic rings. The number of rotatable bonds is 8. The third kappa shape index (κ3) is 3.52. The maximum absolute atomic E-state index is 12.8. The van der Waals surface area contributed by atoms with Crippen molar-refractivity contribution in [3.05, 3.63) is 24.3 Å². The van der Waals surface area contributed by atoms with Crippen molar-refractivity contribution in [3.63, 3.8) is 0 Å². The molecule has 1 fully saturated rings. The van der Waals surface area contributed by atoms with Crippen molar-refractivity contribution in [1.29, 1.82) is 0 Å². The second-order valence-electron chi connectivity index (χ2n) is 5.32. The third-order valence-corrected chi connectivity index (χ3v) is 5.58. The van der Waals surface area contributed by atoms with Gasteiger partial charge in [0.2, 0.25) is 10.0 Å². The topological polar surface area (TPSA) is 49.4 Å². The molecule has 0 unspecified atom stereocenters. The van der Waals surface area contributed by atoms with Gasteiger partial charge in [-0.2, -0.15) is 4.31 Å². The fourth-order valence-electron chi connectivity index (χ4n) is 2.22. The van der Waals surface area contributed by atoms with Crippen LogP contribution in [0.15, 0.2) is 29.2 Å². The van der Waals surface area contributed by atoms with E-state index in [1.165, 1.54) is 0 Å². The Hall–Kier alpha value is -1.07. The van der Waals surface area contributed by atoms with Crippen LogP contribution in [0.5, 0.6) is 0 Å². The van der Waals surface area contributed by atoms with Crippen LogP contribution in [0.1, 0.15) is 33.1 Å². The van der Waals surface area contributed by atoms with Gasteiger partial charge < -0.3 is 5.32 Å². The summed E-state index contributed by atoms with van der Waals surface area (Å²) in [4.78, 5) is 0.399. The first kappa shape index (κ1) is 15.3. The van der Waals surface area contributed by atoms with Crippen LogP contribution >= 0.6 is 0 Å². The number of sulfonamides is 1. The van der Waals surface area contributed by atoms with E-state index in [2.05, 4.69) is 12.2 Å². The van der Waals surface area contributed by atoms with E-state index in [-0.39, 0.29) is 0 Å². The zero-order chi connectivity index (χ0) is 14.6. The van der Waals surface area contributed by atoms with E-state index in [1.807, 2.05) is 19.1 Å². The Morgan fingerprint density at radius 2 is 1.95 bits per heavy atom. The van der Waals surface area contributed by atoms with E-state index in [0.29, 0.717) is 29.6 Å². The zero-order valence-electron chi connectivity index (χ0n) is 12.3. The highest BCUT2D eigenvalue weighted by atomic mass is 32.2. The first-order valence-electron chi connectivity index (χ1n) is 7.42. The SMILES string of the molecule is CCCNc1ccccc1S(=O)(=O)N(CC)CC1CC1. The van der Waals surface area contributed by atoms with Crippen molar-refractivity contribution < 1.29 is 8.42 Å². The van der Waals surface area contributed by atoms with Crippen molar-refractivity contribution in [2.45, 2.75) is 38.0 Å². The molecule has 5 heteroatoms. The minimum absolute atomic E-state index is 0.399. The molecule has 4 nitrogen and oxygen atoms in total. The van der Waals surface area contributed by atoms with Gasteiger partial charge in [0.05, 0.1) is 5.69 Å². The zero-order valence-corrected chi connectivity index (χ0v) is 13.1. The molecule has 1 saturated carbocycles. The molecule has 0 aromatic heterocycles. The minimum atomic E-state index is -3.40. The summed E-state index contributed by atoms with van der Waals surface area (Å²) in [6, 6.07) is 7.19. The fourth-order valence-corrected chi connectivity index (χ4v) is 3.92. The molecule has 0 aliphatic heterocycles. The number of hydrogen-bond donors (Lipinski definition) is 1. The predicted octanol–water partition coefficient (Wildman–Crippen LogP) is 2.93. The second-order valence-corrected chi connectivity index (χ2v) is 7.23. The first-order valence-corrected chi connectivity index (χ1v) is 8.86. The molecule has 1 N–H and O–H groups in total. The quantitative estimate of drug-likeness (QED) is 0.802. The first-order chi connectivity index (χ1) is 9.59. The second kappa shape index (κ2) is 6.59. The lowest BCUT2D eigenvalue weighted by molar-refractivity contribution is 0.412. The van der Waals surface area contributed by atoms with E-state index in [0.717, 1.165) is 25.8 Å². The molecule has 0 radical (unpaired) electrons. The van der Waals surface area contributed by atoms with Gasteiger partial charge in [0.25, 0.3) is 0 Å². The van der Waals surface area contributed by atoms with Gasteiger partial charge in [0.15, 0.2) is 0 Å². The number of anilines is 1. The summed E-state index contributed by atoms with van der Waals surface area (Å²) in [5.74, 6) is 0.556. The lowest BCUT2D eigenvalue weighted by Crippen LogP contribution is -2.33. The molecule has 0 spiro atoms. The van der Waals surface area contributed by atoms with Gasteiger partial charge in [-0.05, 0) is 37.3 Å². The molecule has 0 bridgehead atoms. The normalized spacial score (nSPS) is 15.6. The van der Waals surface area contributed by atoms with E-state index < -0.39 is 10.0 Å². The molecule has 20 heavy (non-hydrogen) atoms. The van der Waals surface area contributed by atoms with Crippen LogP contribution in [0.25, 0.3) is 0 Å². The Labute approximate surface area is 122 Å². The lowest BCUT2D eigenvalue weighted by atomic mass is 10.3. The van der Waals surface area contributed by atoms with Crippen molar-refractivity contribution in [1.82, 2.24) is 4.31 Å². The maximum Gasteiger partial charge on any atom is 0.245 e. The number of nitrogens with one attached hydrogen (secondary N) is 1. The van der Waals surface area contributed by atoms with E-state index in [1.54, 1.807) is 16.4 Å². The Morgan fingerprint density at radius 3 is 2.55 bits per heavy atom. The van der Waals surface area contributed by atoms with Crippen LogP contribution in [0.3, 0.4) is 0 Å². The molecule has 0 amide bonds. The van der Waals surface area contributed by atoms with Crippen LogP contribution in [0, 0.1) is 5.92 Å².